The molecule has 0 aliphatic carbocycles. The van der Waals surface area contributed by atoms with Crippen LogP contribution in [0.25, 0.3) is 0 Å². The average Bonchev–Trinajstić information content (AvgIpc) is 2.94. The highest BCUT2D eigenvalue weighted by atomic mass is 35.5. The fraction of sp³-hybridized carbons (Fsp3) is 0.200. The Hall–Kier alpha value is -4.04. The van der Waals surface area contributed by atoms with Crippen molar-refractivity contribution < 1.29 is 32.3 Å². The summed E-state index contributed by atoms with van der Waals surface area (Å²) in [6, 6.07) is 14.7. The van der Waals surface area contributed by atoms with E-state index in [1.165, 1.54) is 41.9 Å². The highest BCUT2D eigenvalue weighted by molar-refractivity contribution is 7.89. The topological polar surface area (TPSA) is 150 Å². The van der Waals surface area contributed by atoms with Gasteiger partial charge in [-0.05, 0) is 48.0 Å². The van der Waals surface area contributed by atoms with Crippen LogP contribution in [0.5, 0.6) is 11.5 Å². The Kier molecular flexibility index (Phi) is 8.76. The number of nitro benzene ring substituents is 1. The van der Waals surface area contributed by atoms with Gasteiger partial charge in [0.25, 0.3) is 5.69 Å². The second-order valence-corrected chi connectivity index (χ2v) is 10.4. The van der Waals surface area contributed by atoms with Crippen LogP contribution in [-0.2, 0) is 14.8 Å². The van der Waals surface area contributed by atoms with Crippen molar-refractivity contribution in [2.45, 2.75) is 4.90 Å². The first-order valence-corrected chi connectivity index (χ1v) is 13.3. The third kappa shape index (κ3) is 6.52. The molecular formula is C25H23ClN4O8S. The fourth-order valence-corrected chi connectivity index (χ4v) is 5.30. The summed E-state index contributed by atoms with van der Waals surface area (Å²) >= 11 is 6.05. The minimum Gasteiger partial charge on any atom is -0.493 e. The van der Waals surface area contributed by atoms with Crippen LogP contribution < -0.4 is 14.9 Å². The van der Waals surface area contributed by atoms with Crippen molar-refractivity contribution in [1.29, 1.82) is 0 Å². The summed E-state index contributed by atoms with van der Waals surface area (Å²) in [7, 11) is -2.51. The first-order chi connectivity index (χ1) is 18.7. The summed E-state index contributed by atoms with van der Waals surface area (Å²) in [5.74, 6) is -0.267. The maximum Gasteiger partial charge on any atom is 0.345 e. The van der Waals surface area contributed by atoms with Gasteiger partial charge < -0.3 is 14.2 Å². The lowest BCUT2D eigenvalue weighted by Crippen LogP contribution is -2.40. The van der Waals surface area contributed by atoms with E-state index >= 15 is 0 Å². The molecule has 0 atom stereocenters. The van der Waals surface area contributed by atoms with Crippen molar-refractivity contribution in [2.24, 2.45) is 5.10 Å². The van der Waals surface area contributed by atoms with Gasteiger partial charge in [0.1, 0.15) is 5.69 Å². The molecule has 1 aliphatic rings. The molecule has 3 aromatic carbocycles. The van der Waals surface area contributed by atoms with E-state index < -0.39 is 26.6 Å². The number of ether oxygens (including phenoxy) is 3. The lowest BCUT2D eigenvalue weighted by Gasteiger charge is -2.26. The summed E-state index contributed by atoms with van der Waals surface area (Å²) in [5.41, 5.74) is 2.82. The van der Waals surface area contributed by atoms with E-state index in [0.717, 1.165) is 6.07 Å². The number of hydrogen-bond acceptors (Lipinski definition) is 10. The molecule has 1 N–H and O–H groups in total. The molecule has 0 saturated carbocycles. The van der Waals surface area contributed by atoms with Crippen molar-refractivity contribution in [1.82, 2.24) is 4.31 Å². The molecule has 0 amide bonds. The SMILES string of the molecule is COc1cc(/C=N\Nc2ccc(S(=O)(=O)N3CCOCC3)cc2[N+](=O)[O-])ccc1OC(=O)c1ccccc1Cl. The van der Waals surface area contributed by atoms with E-state index in [1.54, 1.807) is 30.3 Å². The number of morpholine rings is 1. The van der Waals surface area contributed by atoms with Crippen molar-refractivity contribution in [3.63, 3.8) is 0 Å². The van der Waals surface area contributed by atoms with Crippen LogP contribution in [0.4, 0.5) is 11.4 Å². The van der Waals surface area contributed by atoms with Crippen LogP contribution in [-0.4, -0.2) is 63.2 Å². The van der Waals surface area contributed by atoms with Crippen LogP contribution in [0.3, 0.4) is 0 Å². The lowest BCUT2D eigenvalue weighted by atomic mass is 10.2. The molecule has 0 spiro atoms. The first-order valence-electron chi connectivity index (χ1n) is 11.5. The quantitative estimate of drug-likeness (QED) is 0.132. The third-order valence-corrected chi connectivity index (χ3v) is 7.88. The number of benzene rings is 3. The Balaban J connectivity index is 1.49. The maximum absolute atomic E-state index is 12.9. The number of rotatable bonds is 9. The van der Waals surface area contributed by atoms with Gasteiger partial charge in [-0.1, -0.05) is 23.7 Å². The van der Waals surface area contributed by atoms with E-state index in [2.05, 4.69) is 10.5 Å². The second-order valence-electron chi connectivity index (χ2n) is 8.10. The number of esters is 1. The third-order valence-electron chi connectivity index (χ3n) is 5.66. The Morgan fingerprint density at radius 2 is 1.87 bits per heavy atom. The van der Waals surface area contributed by atoms with E-state index in [1.807, 2.05) is 0 Å². The van der Waals surface area contributed by atoms with Gasteiger partial charge in [-0.25, -0.2) is 13.2 Å². The summed E-state index contributed by atoms with van der Waals surface area (Å²) in [6.07, 6.45) is 1.37. The number of nitro groups is 1. The number of nitrogens with one attached hydrogen (secondary N) is 1. The number of halogens is 1. The predicted molar refractivity (Wildman–Crippen MR) is 143 cm³/mol. The fourth-order valence-electron chi connectivity index (χ4n) is 3.66. The van der Waals surface area contributed by atoms with Crippen LogP contribution in [0, 0.1) is 10.1 Å². The van der Waals surface area contributed by atoms with Gasteiger partial charge >= 0.3 is 5.97 Å². The Labute approximate surface area is 228 Å². The average molecular weight is 575 g/mol. The van der Waals surface area contributed by atoms with Gasteiger partial charge in [-0.15, -0.1) is 0 Å². The number of carbonyl (C=O) groups excluding carboxylic acids is 1. The van der Waals surface area contributed by atoms with Crippen molar-refractivity contribution in [3.05, 3.63) is 86.9 Å². The lowest BCUT2D eigenvalue weighted by molar-refractivity contribution is -0.384. The van der Waals surface area contributed by atoms with E-state index in [9.17, 15) is 23.3 Å². The monoisotopic (exact) mass is 574 g/mol. The number of hydrazone groups is 1. The van der Waals surface area contributed by atoms with Gasteiger partial charge in [0.2, 0.25) is 10.0 Å². The molecule has 1 saturated heterocycles. The molecule has 39 heavy (non-hydrogen) atoms. The molecule has 1 aliphatic heterocycles. The van der Waals surface area contributed by atoms with E-state index in [-0.39, 0.29) is 59.0 Å². The molecule has 0 bridgehead atoms. The second kappa shape index (κ2) is 12.2. The smallest absolute Gasteiger partial charge is 0.345 e. The number of anilines is 1. The summed E-state index contributed by atoms with van der Waals surface area (Å²) in [5, 5.41) is 15.9. The predicted octanol–water partition coefficient (Wildman–Crippen LogP) is 3.94. The standard InChI is InChI=1S/C25H23ClN4O8S/c1-36-24-14-17(6-9-23(24)38-25(31)19-4-2-3-5-20(19)26)16-27-28-21-8-7-18(15-22(21)30(32)33)39(34,35)29-10-12-37-13-11-29/h2-9,14-16,28H,10-13H2,1H3/b27-16-. The Morgan fingerprint density at radius 1 is 1.13 bits per heavy atom. The molecular weight excluding hydrogens is 552 g/mol. The minimum atomic E-state index is -3.91. The van der Waals surface area contributed by atoms with E-state index in [4.69, 9.17) is 25.8 Å². The number of hydrogen-bond donors (Lipinski definition) is 1. The van der Waals surface area contributed by atoms with Crippen LogP contribution in [0.15, 0.2) is 70.7 Å². The van der Waals surface area contributed by atoms with Gasteiger partial charge in [0, 0.05) is 19.2 Å². The van der Waals surface area contributed by atoms with Crippen LogP contribution >= 0.6 is 11.6 Å². The number of carbonyl (C=O) groups is 1. The molecule has 4 rings (SSSR count). The molecule has 12 nitrogen and oxygen atoms in total. The molecule has 1 fully saturated rings. The normalized spacial score (nSPS) is 14.2. The van der Waals surface area contributed by atoms with Gasteiger partial charge in [-0.2, -0.15) is 9.41 Å². The first kappa shape index (κ1) is 28.0. The zero-order valence-corrected chi connectivity index (χ0v) is 22.1. The molecule has 204 valence electrons. The maximum atomic E-state index is 12.9. The van der Waals surface area contributed by atoms with Crippen molar-refractivity contribution in [3.8, 4) is 11.5 Å². The Morgan fingerprint density at radius 3 is 2.56 bits per heavy atom. The Bertz CT molecular complexity index is 1520. The van der Waals surface area contributed by atoms with Crippen LogP contribution in [0.1, 0.15) is 15.9 Å². The molecule has 14 heteroatoms. The van der Waals surface area contributed by atoms with Crippen molar-refractivity contribution >= 4 is 45.2 Å². The van der Waals surface area contributed by atoms with E-state index in [0.29, 0.717) is 5.56 Å². The zero-order valence-electron chi connectivity index (χ0n) is 20.6. The molecule has 0 unspecified atom stereocenters. The summed E-state index contributed by atoms with van der Waals surface area (Å²) in [6.45, 7) is 0.847. The highest BCUT2D eigenvalue weighted by Gasteiger charge is 2.29. The number of nitrogens with zero attached hydrogens (tertiary/aromatic N) is 3. The molecule has 1 heterocycles. The van der Waals surface area contributed by atoms with Crippen LogP contribution in [0.2, 0.25) is 5.02 Å². The summed E-state index contributed by atoms with van der Waals surface area (Å²) in [4.78, 5) is 23.3. The van der Waals surface area contributed by atoms with Gasteiger partial charge in [-0.3, -0.25) is 15.5 Å². The largest absolute Gasteiger partial charge is 0.493 e. The number of sulfonamides is 1. The molecule has 3 aromatic rings. The molecule has 0 aromatic heterocycles. The van der Waals surface area contributed by atoms with Gasteiger partial charge in [0.05, 0.1) is 46.9 Å². The summed E-state index contributed by atoms with van der Waals surface area (Å²) < 4.78 is 42.9. The van der Waals surface area contributed by atoms with Gasteiger partial charge in [0.15, 0.2) is 11.5 Å². The minimum absolute atomic E-state index is 0.00516. The zero-order chi connectivity index (χ0) is 28.0. The highest BCUT2D eigenvalue weighted by Crippen LogP contribution is 2.31. The molecule has 0 radical (unpaired) electrons. The van der Waals surface area contributed by atoms with Crippen molar-refractivity contribution in [2.75, 3.05) is 38.8 Å². The number of methoxy groups -OCH3 is 1.